The largest absolute Gasteiger partial charge is 0.371 e. The van der Waals surface area contributed by atoms with E-state index in [1.165, 1.54) is 11.3 Å². The van der Waals surface area contributed by atoms with Crippen LogP contribution in [0.15, 0.2) is 24.3 Å². The monoisotopic (exact) mass is 276 g/mol. The molecule has 0 bridgehead atoms. The zero-order chi connectivity index (χ0) is 15.0. The van der Waals surface area contributed by atoms with Crippen molar-refractivity contribution in [2.24, 2.45) is 0 Å². The lowest BCUT2D eigenvalue weighted by molar-refractivity contribution is -0.129. The lowest BCUT2D eigenvalue weighted by atomic mass is 10.2. The molecule has 0 saturated heterocycles. The molecule has 0 atom stereocenters. The molecule has 0 aliphatic carbocycles. The predicted octanol–water partition coefficient (Wildman–Crippen LogP) is 3.47. The fourth-order valence-electron chi connectivity index (χ4n) is 2.24. The molecule has 0 unspecified atom stereocenters. The Kier molecular flexibility index (Phi) is 7.13. The number of hydrogen-bond acceptors (Lipinski definition) is 2. The molecule has 0 saturated carbocycles. The van der Waals surface area contributed by atoms with Gasteiger partial charge in [0.1, 0.15) is 0 Å². The normalized spacial score (nSPS) is 10.4. The van der Waals surface area contributed by atoms with Crippen LogP contribution in [0.3, 0.4) is 0 Å². The molecule has 1 aromatic carbocycles. The minimum atomic E-state index is 0.240. The Morgan fingerprint density at radius 3 is 2.55 bits per heavy atom. The van der Waals surface area contributed by atoms with Crippen LogP contribution in [0.25, 0.3) is 0 Å². The Bertz CT molecular complexity index is 417. The number of rotatable bonds is 8. The highest BCUT2D eigenvalue weighted by Gasteiger charge is 2.11. The second kappa shape index (κ2) is 8.62. The standard InChI is InChI=1S/C17H28N2O/c1-5-7-12-18(4)17(20)11-13-19(6-2)16-10-8-9-15(3)14-16/h8-10,14H,5-7,11-13H2,1-4H3. The number of carbonyl (C=O) groups excluding carboxylic acids is 1. The Morgan fingerprint density at radius 1 is 1.20 bits per heavy atom. The van der Waals surface area contributed by atoms with E-state index >= 15 is 0 Å². The summed E-state index contributed by atoms with van der Waals surface area (Å²) in [6.45, 7) is 8.96. The first kappa shape index (κ1) is 16.5. The van der Waals surface area contributed by atoms with Crippen molar-refractivity contribution in [2.75, 3.05) is 31.6 Å². The molecule has 1 rings (SSSR count). The Balaban J connectivity index is 2.51. The van der Waals surface area contributed by atoms with Gasteiger partial charge in [-0.3, -0.25) is 4.79 Å². The molecule has 0 aromatic heterocycles. The highest BCUT2D eigenvalue weighted by atomic mass is 16.2. The SMILES string of the molecule is CCCCN(C)C(=O)CCN(CC)c1cccc(C)c1. The first-order valence-electron chi connectivity index (χ1n) is 7.64. The molecule has 1 aromatic rings. The van der Waals surface area contributed by atoms with Crippen LogP contribution in [-0.4, -0.2) is 37.5 Å². The smallest absolute Gasteiger partial charge is 0.224 e. The van der Waals surface area contributed by atoms with Gasteiger partial charge in [-0.05, 0) is 38.0 Å². The first-order valence-corrected chi connectivity index (χ1v) is 7.64. The van der Waals surface area contributed by atoms with Gasteiger partial charge in [-0.15, -0.1) is 0 Å². The minimum absolute atomic E-state index is 0.240. The molecule has 0 fully saturated rings. The van der Waals surface area contributed by atoms with Crippen LogP contribution in [0.5, 0.6) is 0 Å². The number of aryl methyl sites for hydroxylation is 1. The number of anilines is 1. The van der Waals surface area contributed by atoms with Crippen LogP contribution in [0.4, 0.5) is 5.69 Å². The van der Waals surface area contributed by atoms with Gasteiger partial charge in [-0.1, -0.05) is 25.5 Å². The summed E-state index contributed by atoms with van der Waals surface area (Å²) in [6, 6.07) is 8.46. The molecular formula is C17H28N2O. The van der Waals surface area contributed by atoms with Crippen LogP contribution in [0.2, 0.25) is 0 Å². The molecule has 0 aliphatic rings. The van der Waals surface area contributed by atoms with Crippen molar-refractivity contribution in [3.63, 3.8) is 0 Å². The Hall–Kier alpha value is -1.51. The van der Waals surface area contributed by atoms with Gasteiger partial charge in [-0.25, -0.2) is 0 Å². The first-order chi connectivity index (χ1) is 9.58. The van der Waals surface area contributed by atoms with Gasteiger partial charge >= 0.3 is 0 Å². The topological polar surface area (TPSA) is 23.6 Å². The predicted molar refractivity (Wildman–Crippen MR) is 86.2 cm³/mol. The zero-order valence-corrected chi connectivity index (χ0v) is 13.4. The van der Waals surface area contributed by atoms with E-state index in [1.807, 2.05) is 11.9 Å². The molecule has 0 heterocycles. The number of amides is 1. The van der Waals surface area contributed by atoms with Crippen molar-refractivity contribution in [1.29, 1.82) is 0 Å². The van der Waals surface area contributed by atoms with Crippen molar-refractivity contribution >= 4 is 11.6 Å². The van der Waals surface area contributed by atoms with E-state index in [0.717, 1.165) is 32.5 Å². The molecule has 3 heteroatoms. The molecule has 1 amide bonds. The maximum absolute atomic E-state index is 12.1. The number of benzene rings is 1. The number of carbonyl (C=O) groups is 1. The van der Waals surface area contributed by atoms with Gasteiger partial charge < -0.3 is 9.80 Å². The molecule has 3 nitrogen and oxygen atoms in total. The summed E-state index contributed by atoms with van der Waals surface area (Å²) < 4.78 is 0. The third-order valence-corrected chi connectivity index (χ3v) is 3.62. The van der Waals surface area contributed by atoms with E-state index < -0.39 is 0 Å². The third-order valence-electron chi connectivity index (χ3n) is 3.62. The summed E-state index contributed by atoms with van der Waals surface area (Å²) in [5, 5.41) is 0. The quantitative estimate of drug-likeness (QED) is 0.726. The van der Waals surface area contributed by atoms with Crippen LogP contribution >= 0.6 is 0 Å². The van der Waals surface area contributed by atoms with Crippen LogP contribution in [0, 0.1) is 6.92 Å². The van der Waals surface area contributed by atoms with Gasteiger partial charge in [-0.2, -0.15) is 0 Å². The van der Waals surface area contributed by atoms with E-state index in [0.29, 0.717) is 6.42 Å². The second-order valence-corrected chi connectivity index (χ2v) is 5.34. The maximum atomic E-state index is 12.1. The van der Waals surface area contributed by atoms with E-state index in [-0.39, 0.29) is 5.91 Å². The van der Waals surface area contributed by atoms with E-state index in [4.69, 9.17) is 0 Å². The fraction of sp³-hybridized carbons (Fsp3) is 0.588. The molecule has 0 aliphatic heterocycles. The number of nitrogens with zero attached hydrogens (tertiary/aromatic N) is 2. The molecule has 0 radical (unpaired) electrons. The van der Waals surface area contributed by atoms with Crippen molar-refractivity contribution in [3.05, 3.63) is 29.8 Å². The molecule has 0 N–H and O–H groups in total. The van der Waals surface area contributed by atoms with Crippen molar-refractivity contribution in [3.8, 4) is 0 Å². The van der Waals surface area contributed by atoms with Crippen molar-refractivity contribution in [1.82, 2.24) is 4.90 Å². The van der Waals surface area contributed by atoms with Crippen molar-refractivity contribution in [2.45, 2.75) is 40.0 Å². The van der Waals surface area contributed by atoms with E-state index in [9.17, 15) is 4.79 Å². The zero-order valence-electron chi connectivity index (χ0n) is 13.4. The summed E-state index contributed by atoms with van der Waals surface area (Å²) >= 11 is 0. The molecular weight excluding hydrogens is 248 g/mol. The lowest BCUT2D eigenvalue weighted by Gasteiger charge is -2.25. The third kappa shape index (κ3) is 5.24. The Labute approximate surface area is 123 Å². The second-order valence-electron chi connectivity index (χ2n) is 5.34. The molecule has 0 spiro atoms. The Morgan fingerprint density at radius 2 is 1.95 bits per heavy atom. The van der Waals surface area contributed by atoms with Crippen LogP contribution in [0.1, 0.15) is 38.7 Å². The summed E-state index contributed by atoms with van der Waals surface area (Å²) in [5.41, 5.74) is 2.46. The molecule has 20 heavy (non-hydrogen) atoms. The molecule has 112 valence electrons. The highest BCUT2D eigenvalue weighted by Crippen LogP contribution is 2.16. The average molecular weight is 276 g/mol. The summed E-state index contributed by atoms with van der Waals surface area (Å²) in [7, 11) is 1.90. The van der Waals surface area contributed by atoms with E-state index in [2.05, 4.69) is 49.9 Å². The van der Waals surface area contributed by atoms with Gasteiger partial charge in [0.05, 0.1) is 0 Å². The maximum Gasteiger partial charge on any atom is 0.224 e. The van der Waals surface area contributed by atoms with Gasteiger partial charge in [0.25, 0.3) is 0 Å². The van der Waals surface area contributed by atoms with E-state index in [1.54, 1.807) is 0 Å². The fourth-order valence-corrected chi connectivity index (χ4v) is 2.24. The summed E-state index contributed by atoms with van der Waals surface area (Å²) in [5.74, 6) is 0.240. The lowest BCUT2D eigenvalue weighted by Crippen LogP contribution is -2.32. The van der Waals surface area contributed by atoms with Crippen LogP contribution in [-0.2, 0) is 4.79 Å². The van der Waals surface area contributed by atoms with Gasteiger partial charge in [0.2, 0.25) is 5.91 Å². The minimum Gasteiger partial charge on any atom is -0.371 e. The number of unbranched alkanes of at least 4 members (excludes halogenated alkanes) is 1. The highest BCUT2D eigenvalue weighted by molar-refractivity contribution is 5.76. The van der Waals surface area contributed by atoms with Crippen molar-refractivity contribution < 1.29 is 4.79 Å². The average Bonchev–Trinajstić information content (AvgIpc) is 2.45. The van der Waals surface area contributed by atoms with Crippen LogP contribution < -0.4 is 4.90 Å². The summed E-state index contributed by atoms with van der Waals surface area (Å²) in [4.78, 5) is 16.2. The van der Waals surface area contributed by atoms with Gasteiger partial charge in [0, 0.05) is 38.8 Å². The van der Waals surface area contributed by atoms with Gasteiger partial charge in [0.15, 0.2) is 0 Å². The summed E-state index contributed by atoms with van der Waals surface area (Å²) in [6.07, 6.45) is 2.79. The number of hydrogen-bond donors (Lipinski definition) is 0.